The molecule has 0 aliphatic rings. The maximum absolute atomic E-state index is 11.9. The third-order valence-corrected chi connectivity index (χ3v) is 8.85. The fraction of sp³-hybridized carbons (Fsp3) is 0.903. The molecular formula is C31H61F9N4O10S3. The highest BCUT2D eigenvalue weighted by molar-refractivity contribution is 7.87. The molecule has 0 rings (SSSR count). The number of carbonyl (C=O) groups is 1. The second kappa shape index (κ2) is 35.0. The summed E-state index contributed by atoms with van der Waals surface area (Å²) in [6.45, 7) is 8.98. The summed E-state index contributed by atoms with van der Waals surface area (Å²) < 4.78 is 177. The minimum atomic E-state index is -6.09. The van der Waals surface area contributed by atoms with E-state index in [4.69, 9.17) is 38.9 Å². The van der Waals surface area contributed by atoms with E-state index >= 15 is 0 Å². The second-order valence-electron chi connectivity index (χ2n) is 12.4. The van der Waals surface area contributed by atoms with Gasteiger partial charge in [-0.2, -0.15) is 39.5 Å². The Morgan fingerprint density at radius 3 is 1.21 bits per heavy atom. The number of hydrogen-bond donors (Lipinski definition) is 4. The second-order valence-corrected chi connectivity index (χ2v) is 16.5. The number of unbranched alkanes of at least 4 members (excludes halogenated alkanes) is 12. The molecule has 0 saturated carbocycles. The Morgan fingerprint density at radius 2 is 0.860 bits per heavy atom. The first kappa shape index (κ1) is 61.8. The fourth-order valence-electron chi connectivity index (χ4n) is 4.07. The minimum absolute atomic E-state index is 0.241. The van der Waals surface area contributed by atoms with Crippen LogP contribution in [0.3, 0.4) is 0 Å². The first-order valence-corrected chi connectivity index (χ1v) is 22.7. The van der Waals surface area contributed by atoms with Crippen LogP contribution in [-0.4, -0.2) is 101 Å². The van der Waals surface area contributed by atoms with Crippen molar-refractivity contribution in [2.75, 3.05) is 39.3 Å². The Bertz CT molecular complexity index is 1230. The Kier molecular flexibility index (Phi) is 38.0. The summed E-state index contributed by atoms with van der Waals surface area (Å²) in [4.78, 5) is 11.9. The number of carbonyl (C=O) groups excluding carboxylic acids is 1. The van der Waals surface area contributed by atoms with Crippen molar-refractivity contribution in [2.45, 2.75) is 139 Å². The van der Waals surface area contributed by atoms with Crippen molar-refractivity contribution in [2.24, 2.45) is 0 Å². The Hall–Kier alpha value is -1.81. The molecule has 0 aliphatic carbocycles. The predicted molar refractivity (Wildman–Crippen MR) is 189 cm³/mol. The number of rotatable bonds is 27. The van der Waals surface area contributed by atoms with Crippen molar-refractivity contribution >= 4 is 36.3 Å². The summed E-state index contributed by atoms with van der Waals surface area (Å²) in [5.74, 6) is 0.241. The zero-order chi connectivity index (χ0) is 45.1. The molecule has 0 atom stereocenters. The molecule has 26 heteroatoms. The van der Waals surface area contributed by atoms with Crippen molar-refractivity contribution in [1.29, 1.82) is 0 Å². The quantitative estimate of drug-likeness (QED) is 0.0308. The van der Waals surface area contributed by atoms with Gasteiger partial charge >= 0.3 is 16.5 Å². The van der Waals surface area contributed by atoms with E-state index in [0.29, 0.717) is 6.42 Å². The van der Waals surface area contributed by atoms with Gasteiger partial charge in [-0.1, -0.05) is 70.4 Å². The van der Waals surface area contributed by atoms with Crippen LogP contribution in [0.4, 0.5) is 39.5 Å². The molecule has 0 aromatic rings. The maximum atomic E-state index is 11.9. The Morgan fingerprint density at radius 1 is 0.544 bits per heavy atom. The smallest absolute Gasteiger partial charge is 0.485 e. The van der Waals surface area contributed by atoms with Crippen LogP contribution >= 0.6 is 0 Å². The number of nitrogens with one attached hydrogen (secondary N) is 1. The molecule has 346 valence electrons. The van der Waals surface area contributed by atoms with Gasteiger partial charge in [-0.15, -0.1) is 0 Å². The average molecular weight is 917 g/mol. The maximum Gasteiger partial charge on any atom is 0.485 e. The number of halogens is 9. The van der Waals surface area contributed by atoms with Gasteiger partial charge in [0.2, 0.25) is 5.91 Å². The first-order chi connectivity index (χ1) is 26.1. The normalized spacial score (nSPS) is 12.5. The van der Waals surface area contributed by atoms with Crippen LogP contribution in [0.2, 0.25) is 0 Å². The highest BCUT2D eigenvalue weighted by Gasteiger charge is 2.38. The zero-order valence-corrected chi connectivity index (χ0v) is 34.6. The molecule has 0 heterocycles. The van der Waals surface area contributed by atoms with Crippen LogP contribution in [0.25, 0.3) is 0 Å². The molecule has 8 N–H and O–H groups in total. The van der Waals surface area contributed by atoms with Crippen LogP contribution in [0.5, 0.6) is 0 Å². The largest absolute Gasteiger partial charge is 0.741 e. The third kappa shape index (κ3) is 46.7. The van der Waals surface area contributed by atoms with Crippen LogP contribution in [0.15, 0.2) is 12.2 Å². The Balaban J connectivity index is -0.000000467. The van der Waals surface area contributed by atoms with E-state index in [0.717, 1.165) is 32.5 Å². The number of amides is 1. The molecular weight excluding hydrogens is 856 g/mol. The van der Waals surface area contributed by atoms with E-state index in [-0.39, 0.29) is 5.91 Å². The summed E-state index contributed by atoms with van der Waals surface area (Å²) in [6, 6.07) is 0. The van der Waals surface area contributed by atoms with Gasteiger partial charge in [0, 0.05) is 38.6 Å². The molecule has 0 aromatic carbocycles. The molecule has 14 nitrogen and oxygen atoms in total. The summed E-state index contributed by atoms with van der Waals surface area (Å²) in [5, 5.41) is 7.89. The number of nitrogens with two attached hydrogens (primary N) is 2. The molecule has 0 spiro atoms. The van der Waals surface area contributed by atoms with Gasteiger partial charge in [-0.25, -0.2) is 25.3 Å². The fourth-order valence-corrected chi connectivity index (χ4v) is 4.07. The summed E-state index contributed by atoms with van der Waals surface area (Å²) in [7, 11) is -18.3. The van der Waals surface area contributed by atoms with Gasteiger partial charge in [-0.3, -0.25) is 4.79 Å². The third-order valence-electron chi connectivity index (χ3n) is 7.15. The van der Waals surface area contributed by atoms with Crippen LogP contribution in [0, 0.1) is 0 Å². The molecule has 57 heavy (non-hydrogen) atoms. The minimum Gasteiger partial charge on any atom is -0.741 e. The van der Waals surface area contributed by atoms with Gasteiger partial charge in [0.1, 0.15) is 0 Å². The van der Waals surface area contributed by atoms with E-state index < -0.39 is 46.9 Å². The number of allylic oxidation sites excluding steroid dienone is 2. The molecule has 0 unspecified atom stereocenters. The van der Waals surface area contributed by atoms with E-state index in [1.807, 2.05) is 0 Å². The number of quaternary nitrogens is 3. The van der Waals surface area contributed by atoms with Gasteiger partial charge in [0.15, 0.2) is 30.4 Å². The van der Waals surface area contributed by atoms with E-state index in [1.165, 1.54) is 116 Å². The van der Waals surface area contributed by atoms with Crippen molar-refractivity contribution in [3.63, 3.8) is 0 Å². The molecule has 0 aromatic heterocycles. The van der Waals surface area contributed by atoms with E-state index in [2.05, 4.69) is 40.8 Å². The highest BCUT2D eigenvalue weighted by atomic mass is 32.2. The predicted octanol–water partition coefficient (Wildman–Crippen LogP) is 3.22. The van der Waals surface area contributed by atoms with E-state index in [9.17, 15) is 44.3 Å². The van der Waals surface area contributed by atoms with Crippen LogP contribution in [-0.2, 0) is 35.1 Å². The van der Waals surface area contributed by atoms with E-state index in [1.54, 1.807) is 0 Å². The average Bonchev–Trinajstić information content (AvgIpc) is 3.05. The summed E-state index contributed by atoms with van der Waals surface area (Å²) in [5.41, 5.74) is -13.1. The molecule has 0 fully saturated rings. The monoisotopic (exact) mass is 916 g/mol. The Labute approximate surface area is 331 Å². The first-order valence-electron chi connectivity index (χ1n) is 18.5. The summed E-state index contributed by atoms with van der Waals surface area (Å²) in [6.07, 6.45) is 27.3. The van der Waals surface area contributed by atoms with Gasteiger partial charge < -0.3 is 35.3 Å². The lowest BCUT2D eigenvalue weighted by molar-refractivity contribution is -0.665. The van der Waals surface area contributed by atoms with Crippen molar-refractivity contribution in [1.82, 2.24) is 5.32 Å². The lowest BCUT2D eigenvalue weighted by Gasteiger charge is -2.08. The number of alkyl halides is 9. The van der Waals surface area contributed by atoms with Crippen molar-refractivity contribution in [3.8, 4) is 0 Å². The SMILES string of the molecule is CCCCCCCC/C=C/CCCCCCCC(=O)NCCC[NH2+]CCCC[NH2+]CCC[NH3+].O=S(=O)([O-])C(F)(F)F.O=S(=O)([O-])C(F)(F)F.O=S(=O)([O-])C(F)(F)F. The lowest BCUT2D eigenvalue weighted by atomic mass is 10.1. The molecule has 0 aliphatic heterocycles. The zero-order valence-electron chi connectivity index (χ0n) is 32.2. The van der Waals surface area contributed by atoms with Gasteiger partial charge in [0.25, 0.3) is 0 Å². The standard InChI is InChI=1S/C28H58N4O.3CHF3O3S/c1-2-3-4-5-6-7-8-9-10-11-12-13-14-15-16-21-28(33)32-27-20-26-31-24-18-17-23-30-25-19-22-29;3*2-1(3,4)8(5,6)7/h9-10,30-31H,2-8,11-27,29H2,1H3,(H,32,33);3*(H,5,6,7)/b10-9+;;;. The van der Waals surface area contributed by atoms with Crippen molar-refractivity contribution < 1.29 is 99.6 Å². The molecule has 0 radical (unpaired) electrons. The lowest BCUT2D eigenvalue weighted by Crippen LogP contribution is -2.86. The molecule has 0 saturated heterocycles. The topological polar surface area (TPSA) is 262 Å². The summed E-state index contributed by atoms with van der Waals surface area (Å²) >= 11 is 0. The number of hydrogen-bond acceptors (Lipinski definition) is 10. The van der Waals surface area contributed by atoms with Crippen LogP contribution < -0.4 is 21.7 Å². The highest BCUT2D eigenvalue weighted by Crippen LogP contribution is 2.21. The molecule has 0 bridgehead atoms. The van der Waals surface area contributed by atoms with Crippen molar-refractivity contribution in [3.05, 3.63) is 12.2 Å². The molecule has 1 amide bonds. The van der Waals surface area contributed by atoms with Gasteiger partial charge in [-0.05, 0) is 32.1 Å². The van der Waals surface area contributed by atoms with Gasteiger partial charge in [0.05, 0.1) is 32.7 Å². The van der Waals surface area contributed by atoms with Crippen LogP contribution in [0.1, 0.15) is 122 Å².